The van der Waals surface area contributed by atoms with E-state index in [9.17, 15) is 8.42 Å². The van der Waals surface area contributed by atoms with Crippen molar-refractivity contribution < 1.29 is 8.42 Å². The number of nitriles is 1. The molecule has 0 saturated carbocycles. The lowest BCUT2D eigenvalue weighted by molar-refractivity contribution is 0.216. The van der Waals surface area contributed by atoms with Crippen LogP contribution in [0, 0.1) is 16.7 Å². The summed E-state index contributed by atoms with van der Waals surface area (Å²) in [5.74, 6) is 0. The fourth-order valence-corrected chi connectivity index (χ4v) is 3.38. The predicted molar refractivity (Wildman–Crippen MR) is 75.0 cm³/mol. The molecule has 1 rings (SSSR count). The van der Waals surface area contributed by atoms with E-state index in [0.717, 1.165) is 0 Å². The molecule has 0 bridgehead atoms. The maximum Gasteiger partial charge on any atom is 0.244 e. The lowest BCUT2D eigenvalue weighted by atomic mass is 9.88. The molecule has 0 radical (unpaired) electrons. The molecule has 4 nitrogen and oxygen atoms in total. The molecule has 1 atom stereocenters. The van der Waals surface area contributed by atoms with Gasteiger partial charge in [-0.25, -0.2) is 8.42 Å². The van der Waals surface area contributed by atoms with Crippen LogP contribution in [-0.4, -0.2) is 25.8 Å². The highest BCUT2D eigenvalue weighted by Gasteiger charge is 2.33. The van der Waals surface area contributed by atoms with E-state index in [0.29, 0.717) is 0 Å². The highest BCUT2D eigenvalue weighted by Crippen LogP contribution is 2.28. The summed E-state index contributed by atoms with van der Waals surface area (Å²) in [6.07, 6.45) is 0. The standard InChI is InChI=1S/C14H20N2O2S/c1-11(14(2,3)4)16(5)19(17,18)13-9-7-6-8-12(13)10-15/h6-9,11H,1-5H3. The van der Waals surface area contributed by atoms with Gasteiger partial charge in [0.05, 0.1) is 10.5 Å². The molecule has 0 aliphatic heterocycles. The molecule has 19 heavy (non-hydrogen) atoms. The second-order valence-corrected chi connectivity index (χ2v) is 7.64. The van der Waals surface area contributed by atoms with Crippen molar-refractivity contribution in [2.45, 2.75) is 38.6 Å². The zero-order valence-electron chi connectivity index (χ0n) is 12.0. The first-order valence-corrected chi connectivity index (χ1v) is 7.53. The smallest absolute Gasteiger partial charge is 0.207 e. The van der Waals surface area contributed by atoms with E-state index in [2.05, 4.69) is 0 Å². The van der Waals surface area contributed by atoms with Crippen molar-refractivity contribution in [3.8, 4) is 6.07 Å². The van der Waals surface area contributed by atoms with Gasteiger partial charge in [0.25, 0.3) is 0 Å². The highest BCUT2D eigenvalue weighted by atomic mass is 32.2. The average molecular weight is 280 g/mol. The summed E-state index contributed by atoms with van der Waals surface area (Å²) >= 11 is 0. The number of rotatable bonds is 3. The normalized spacial score (nSPS) is 14.2. The van der Waals surface area contributed by atoms with Crippen LogP contribution in [0.15, 0.2) is 29.2 Å². The van der Waals surface area contributed by atoms with Crippen molar-refractivity contribution in [1.29, 1.82) is 5.26 Å². The summed E-state index contributed by atoms with van der Waals surface area (Å²) in [5.41, 5.74) is -0.000825. The Morgan fingerprint density at radius 1 is 1.26 bits per heavy atom. The molecule has 0 fully saturated rings. The van der Waals surface area contributed by atoms with Gasteiger partial charge in [0.2, 0.25) is 10.0 Å². The molecular weight excluding hydrogens is 260 g/mol. The summed E-state index contributed by atoms with van der Waals surface area (Å²) in [5, 5.41) is 9.03. The molecule has 0 aliphatic rings. The maximum absolute atomic E-state index is 12.6. The second kappa shape index (κ2) is 5.32. The molecule has 104 valence electrons. The minimum atomic E-state index is -3.65. The summed E-state index contributed by atoms with van der Waals surface area (Å²) in [6.45, 7) is 7.83. The Morgan fingerprint density at radius 3 is 2.26 bits per heavy atom. The zero-order chi connectivity index (χ0) is 14.8. The van der Waals surface area contributed by atoms with Crippen LogP contribution in [0.5, 0.6) is 0 Å². The summed E-state index contributed by atoms with van der Waals surface area (Å²) in [7, 11) is -2.10. The van der Waals surface area contributed by atoms with Gasteiger partial charge in [0.15, 0.2) is 0 Å². The first-order valence-electron chi connectivity index (χ1n) is 6.09. The summed E-state index contributed by atoms with van der Waals surface area (Å²) < 4.78 is 26.5. The van der Waals surface area contributed by atoms with Crippen molar-refractivity contribution >= 4 is 10.0 Å². The van der Waals surface area contributed by atoms with Crippen molar-refractivity contribution in [2.24, 2.45) is 5.41 Å². The topological polar surface area (TPSA) is 61.2 Å². The average Bonchev–Trinajstić information content (AvgIpc) is 2.35. The van der Waals surface area contributed by atoms with Gasteiger partial charge in [-0.2, -0.15) is 9.57 Å². The van der Waals surface area contributed by atoms with Crippen LogP contribution in [0.25, 0.3) is 0 Å². The molecule has 0 aromatic heterocycles. The molecule has 0 spiro atoms. The number of hydrogen-bond donors (Lipinski definition) is 0. The van der Waals surface area contributed by atoms with Crippen LogP contribution >= 0.6 is 0 Å². The second-order valence-electron chi connectivity index (χ2n) is 5.67. The fourth-order valence-electron chi connectivity index (χ4n) is 1.69. The van der Waals surface area contributed by atoms with Crippen molar-refractivity contribution in [3.05, 3.63) is 29.8 Å². The number of benzene rings is 1. The third kappa shape index (κ3) is 3.14. The van der Waals surface area contributed by atoms with Crippen molar-refractivity contribution in [2.75, 3.05) is 7.05 Å². The molecule has 0 aliphatic carbocycles. The first-order chi connectivity index (χ1) is 8.62. The molecule has 5 heteroatoms. The Morgan fingerprint density at radius 2 is 1.79 bits per heavy atom. The first kappa shape index (κ1) is 15.7. The molecular formula is C14H20N2O2S. The Kier molecular flexibility index (Phi) is 4.39. The largest absolute Gasteiger partial charge is 0.244 e. The number of hydrogen-bond acceptors (Lipinski definition) is 3. The molecule has 0 saturated heterocycles. The third-order valence-corrected chi connectivity index (χ3v) is 5.45. The van der Waals surface area contributed by atoms with Gasteiger partial charge in [-0.05, 0) is 24.5 Å². The lowest BCUT2D eigenvalue weighted by Crippen LogP contribution is -2.43. The van der Waals surface area contributed by atoms with Gasteiger partial charge in [-0.15, -0.1) is 0 Å². The monoisotopic (exact) mass is 280 g/mol. The van der Waals surface area contributed by atoms with Gasteiger partial charge in [-0.3, -0.25) is 0 Å². The number of nitrogens with zero attached hydrogens (tertiary/aromatic N) is 2. The maximum atomic E-state index is 12.6. The van der Waals surface area contributed by atoms with Crippen molar-refractivity contribution in [3.63, 3.8) is 0 Å². The van der Waals surface area contributed by atoms with Crippen LogP contribution in [0.4, 0.5) is 0 Å². The fraction of sp³-hybridized carbons (Fsp3) is 0.500. The van der Waals surface area contributed by atoms with Crippen LogP contribution < -0.4 is 0 Å². The van der Waals surface area contributed by atoms with Crippen LogP contribution in [0.2, 0.25) is 0 Å². The molecule has 1 aromatic carbocycles. The van der Waals surface area contributed by atoms with Gasteiger partial charge < -0.3 is 0 Å². The van der Waals surface area contributed by atoms with E-state index in [4.69, 9.17) is 5.26 Å². The molecule has 1 unspecified atom stereocenters. The predicted octanol–water partition coefficient (Wildman–Crippen LogP) is 2.61. The van der Waals surface area contributed by atoms with E-state index < -0.39 is 10.0 Å². The summed E-state index contributed by atoms with van der Waals surface area (Å²) in [6, 6.07) is 8.03. The third-order valence-electron chi connectivity index (χ3n) is 3.46. The minimum Gasteiger partial charge on any atom is -0.207 e. The quantitative estimate of drug-likeness (QED) is 0.855. The van der Waals surface area contributed by atoms with Crippen LogP contribution in [0.1, 0.15) is 33.3 Å². The highest BCUT2D eigenvalue weighted by molar-refractivity contribution is 7.89. The van der Waals surface area contributed by atoms with E-state index >= 15 is 0 Å². The van der Waals surface area contributed by atoms with E-state index in [-0.39, 0.29) is 21.9 Å². The minimum absolute atomic E-state index is 0.0658. The van der Waals surface area contributed by atoms with Gasteiger partial charge >= 0.3 is 0 Å². The van der Waals surface area contributed by atoms with Crippen LogP contribution in [0.3, 0.4) is 0 Å². The lowest BCUT2D eigenvalue weighted by Gasteiger charge is -2.34. The zero-order valence-corrected chi connectivity index (χ0v) is 12.8. The van der Waals surface area contributed by atoms with Crippen molar-refractivity contribution in [1.82, 2.24) is 4.31 Å². The van der Waals surface area contributed by atoms with Gasteiger partial charge in [-0.1, -0.05) is 32.9 Å². The molecule has 0 amide bonds. The number of sulfonamides is 1. The van der Waals surface area contributed by atoms with Gasteiger partial charge in [0, 0.05) is 13.1 Å². The summed E-state index contributed by atoms with van der Waals surface area (Å²) in [4.78, 5) is 0.0658. The Hall–Kier alpha value is -1.38. The van der Waals surface area contributed by atoms with E-state index in [1.165, 1.54) is 16.4 Å². The van der Waals surface area contributed by atoms with Crippen LogP contribution in [-0.2, 0) is 10.0 Å². The van der Waals surface area contributed by atoms with Gasteiger partial charge in [0.1, 0.15) is 6.07 Å². The molecule has 0 heterocycles. The SMILES string of the molecule is CC(N(C)S(=O)(=O)c1ccccc1C#N)C(C)(C)C. The van der Waals surface area contributed by atoms with E-state index in [1.54, 1.807) is 19.2 Å². The van der Waals surface area contributed by atoms with E-state index in [1.807, 2.05) is 33.8 Å². The Bertz CT molecular complexity index is 595. The molecule has 1 aromatic rings. The Labute approximate surface area is 115 Å². The Balaban J connectivity index is 3.30. The molecule has 0 N–H and O–H groups in total.